The fraction of sp³-hybridized carbons (Fsp3) is 0.765. The fourth-order valence-electron chi connectivity index (χ4n) is 3.24. The first-order valence-electron chi connectivity index (χ1n) is 8.53. The van der Waals surface area contributed by atoms with Gasteiger partial charge in [-0.25, -0.2) is 0 Å². The summed E-state index contributed by atoms with van der Waals surface area (Å²) in [7, 11) is 3.80. The maximum absolute atomic E-state index is 4.35. The number of hydrogen-bond donors (Lipinski definition) is 2. The Labute approximate surface area is 134 Å². The van der Waals surface area contributed by atoms with Crippen LogP contribution in [0.2, 0.25) is 0 Å². The van der Waals surface area contributed by atoms with Gasteiger partial charge in [0.2, 0.25) is 0 Å². The van der Waals surface area contributed by atoms with Crippen LogP contribution < -0.4 is 10.6 Å². The Hall–Kier alpha value is -1.52. The van der Waals surface area contributed by atoms with Crippen molar-refractivity contribution in [3.63, 3.8) is 0 Å². The monoisotopic (exact) mass is 305 g/mol. The smallest absolute Gasteiger partial charge is 0.191 e. The second kappa shape index (κ2) is 8.20. The first-order valence-corrected chi connectivity index (χ1v) is 8.53. The zero-order valence-electron chi connectivity index (χ0n) is 14.5. The van der Waals surface area contributed by atoms with Gasteiger partial charge in [-0.1, -0.05) is 13.8 Å². The zero-order chi connectivity index (χ0) is 15.9. The van der Waals surface area contributed by atoms with Crippen molar-refractivity contribution in [3.8, 4) is 0 Å². The SMILES string of the molecule is CN=C(NCCc1cnn(C)c1)NC1CCC(C(C)C)CC1. The number of nitrogens with zero attached hydrogens (tertiary/aromatic N) is 3. The minimum absolute atomic E-state index is 0.569. The third-order valence-corrected chi connectivity index (χ3v) is 4.74. The van der Waals surface area contributed by atoms with E-state index in [9.17, 15) is 0 Å². The number of nitrogens with one attached hydrogen (secondary N) is 2. The second-order valence-corrected chi connectivity index (χ2v) is 6.77. The summed E-state index contributed by atoms with van der Waals surface area (Å²) in [6.07, 6.45) is 10.1. The van der Waals surface area contributed by atoms with Crippen molar-refractivity contribution >= 4 is 5.96 Å². The highest BCUT2D eigenvalue weighted by Crippen LogP contribution is 2.29. The van der Waals surface area contributed by atoms with Crippen molar-refractivity contribution < 1.29 is 0 Å². The van der Waals surface area contributed by atoms with E-state index in [1.807, 2.05) is 25.0 Å². The molecule has 124 valence electrons. The predicted molar refractivity (Wildman–Crippen MR) is 92.0 cm³/mol. The Morgan fingerprint density at radius 1 is 1.36 bits per heavy atom. The molecule has 1 aromatic heterocycles. The van der Waals surface area contributed by atoms with Gasteiger partial charge < -0.3 is 10.6 Å². The number of aromatic nitrogens is 2. The molecule has 0 bridgehead atoms. The van der Waals surface area contributed by atoms with Crippen LogP contribution in [0.1, 0.15) is 45.1 Å². The Bertz CT molecular complexity index is 469. The maximum Gasteiger partial charge on any atom is 0.191 e. The van der Waals surface area contributed by atoms with Crippen LogP contribution in [0.25, 0.3) is 0 Å². The van der Waals surface area contributed by atoms with E-state index in [1.165, 1.54) is 31.2 Å². The molecule has 2 N–H and O–H groups in total. The summed E-state index contributed by atoms with van der Waals surface area (Å²) in [4.78, 5) is 4.35. The summed E-state index contributed by atoms with van der Waals surface area (Å²) in [5.41, 5.74) is 1.25. The van der Waals surface area contributed by atoms with Gasteiger partial charge in [0.15, 0.2) is 5.96 Å². The highest BCUT2D eigenvalue weighted by Gasteiger charge is 2.23. The molecule has 22 heavy (non-hydrogen) atoms. The van der Waals surface area contributed by atoms with Crippen molar-refractivity contribution in [2.45, 2.75) is 52.0 Å². The van der Waals surface area contributed by atoms with E-state index in [0.29, 0.717) is 6.04 Å². The molecule has 1 heterocycles. The van der Waals surface area contributed by atoms with Crippen LogP contribution in [-0.2, 0) is 13.5 Å². The molecule has 2 rings (SSSR count). The Morgan fingerprint density at radius 2 is 2.09 bits per heavy atom. The first-order chi connectivity index (χ1) is 10.6. The van der Waals surface area contributed by atoms with Crippen molar-refractivity contribution in [2.75, 3.05) is 13.6 Å². The highest BCUT2D eigenvalue weighted by atomic mass is 15.2. The van der Waals surface area contributed by atoms with Gasteiger partial charge in [-0.3, -0.25) is 9.67 Å². The lowest BCUT2D eigenvalue weighted by Gasteiger charge is -2.32. The lowest BCUT2D eigenvalue weighted by Crippen LogP contribution is -2.45. The van der Waals surface area contributed by atoms with Crippen molar-refractivity contribution in [1.82, 2.24) is 20.4 Å². The number of aliphatic imine (C=N–C) groups is 1. The maximum atomic E-state index is 4.35. The van der Waals surface area contributed by atoms with E-state index in [2.05, 4.69) is 40.8 Å². The zero-order valence-corrected chi connectivity index (χ0v) is 14.5. The largest absolute Gasteiger partial charge is 0.356 e. The number of rotatable bonds is 5. The van der Waals surface area contributed by atoms with E-state index in [-0.39, 0.29) is 0 Å². The molecular weight excluding hydrogens is 274 g/mol. The van der Waals surface area contributed by atoms with Gasteiger partial charge in [0, 0.05) is 32.9 Å². The predicted octanol–water partition coefficient (Wildman–Crippen LogP) is 2.34. The van der Waals surface area contributed by atoms with E-state index in [1.54, 1.807) is 0 Å². The normalized spacial score (nSPS) is 22.9. The number of aryl methyl sites for hydroxylation is 1. The quantitative estimate of drug-likeness (QED) is 0.648. The van der Waals surface area contributed by atoms with Gasteiger partial charge >= 0.3 is 0 Å². The lowest BCUT2D eigenvalue weighted by molar-refractivity contribution is 0.250. The van der Waals surface area contributed by atoms with E-state index >= 15 is 0 Å². The summed E-state index contributed by atoms with van der Waals surface area (Å²) >= 11 is 0. The summed E-state index contributed by atoms with van der Waals surface area (Å²) < 4.78 is 1.84. The topological polar surface area (TPSA) is 54.2 Å². The van der Waals surface area contributed by atoms with Crippen LogP contribution in [0.3, 0.4) is 0 Å². The van der Waals surface area contributed by atoms with Crippen LogP contribution in [0.4, 0.5) is 0 Å². The molecule has 1 aromatic rings. The molecule has 1 aliphatic rings. The van der Waals surface area contributed by atoms with Crippen molar-refractivity contribution in [3.05, 3.63) is 18.0 Å². The van der Waals surface area contributed by atoms with Crippen molar-refractivity contribution in [2.24, 2.45) is 23.9 Å². The summed E-state index contributed by atoms with van der Waals surface area (Å²) in [6.45, 7) is 5.57. The standard InChI is InChI=1S/C17H31N5/c1-13(2)15-5-7-16(8-6-15)21-17(18-3)19-10-9-14-11-20-22(4)12-14/h11-13,15-16H,5-10H2,1-4H3,(H2,18,19,21). The molecule has 0 aliphatic heterocycles. The van der Waals surface area contributed by atoms with Gasteiger partial charge in [0.05, 0.1) is 6.20 Å². The fourth-order valence-corrected chi connectivity index (χ4v) is 3.24. The third kappa shape index (κ3) is 5.04. The number of guanidine groups is 1. The van der Waals surface area contributed by atoms with E-state index in [4.69, 9.17) is 0 Å². The van der Waals surface area contributed by atoms with Crippen LogP contribution >= 0.6 is 0 Å². The minimum atomic E-state index is 0.569. The molecule has 0 unspecified atom stereocenters. The van der Waals surface area contributed by atoms with Crippen LogP contribution in [0.5, 0.6) is 0 Å². The van der Waals surface area contributed by atoms with Gasteiger partial charge in [0.1, 0.15) is 0 Å². The molecule has 0 spiro atoms. The Balaban J connectivity index is 1.69. The van der Waals surface area contributed by atoms with Gasteiger partial charge in [-0.05, 0) is 49.5 Å². The molecule has 0 saturated heterocycles. The molecule has 1 saturated carbocycles. The average molecular weight is 305 g/mol. The summed E-state index contributed by atoms with van der Waals surface area (Å²) in [6, 6.07) is 0.569. The van der Waals surface area contributed by atoms with Crippen LogP contribution in [-0.4, -0.2) is 35.4 Å². The molecule has 0 radical (unpaired) electrons. The molecule has 0 aromatic carbocycles. The molecule has 1 fully saturated rings. The third-order valence-electron chi connectivity index (χ3n) is 4.74. The van der Waals surface area contributed by atoms with E-state index < -0.39 is 0 Å². The molecular formula is C17H31N5. The second-order valence-electron chi connectivity index (χ2n) is 6.77. The Kier molecular flexibility index (Phi) is 6.28. The van der Waals surface area contributed by atoms with Crippen LogP contribution in [0.15, 0.2) is 17.4 Å². The van der Waals surface area contributed by atoms with Crippen molar-refractivity contribution in [1.29, 1.82) is 0 Å². The molecule has 0 atom stereocenters. The summed E-state index contributed by atoms with van der Waals surface area (Å²) in [5.74, 6) is 2.65. The number of hydrogen-bond acceptors (Lipinski definition) is 2. The summed E-state index contributed by atoms with van der Waals surface area (Å²) in [5, 5.41) is 11.2. The van der Waals surface area contributed by atoms with Crippen LogP contribution in [0, 0.1) is 11.8 Å². The molecule has 0 amide bonds. The highest BCUT2D eigenvalue weighted by molar-refractivity contribution is 5.79. The first kappa shape index (κ1) is 16.8. The van der Waals surface area contributed by atoms with E-state index in [0.717, 1.165) is 30.8 Å². The minimum Gasteiger partial charge on any atom is -0.356 e. The van der Waals surface area contributed by atoms with Gasteiger partial charge in [-0.2, -0.15) is 5.10 Å². The average Bonchev–Trinajstić information content (AvgIpc) is 2.92. The van der Waals surface area contributed by atoms with Gasteiger partial charge in [0.25, 0.3) is 0 Å². The Morgan fingerprint density at radius 3 is 2.64 bits per heavy atom. The van der Waals surface area contributed by atoms with Gasteiger partial charge in [-0.15, -0.1) is 0 Å². The lowest BCUT2D eigenvalue weighted by atomic mass is 9.80. The molecule has 5 nitrogen and oxygen atoms in total. The molecule has 5 heteroatoms. The molecule has 1 aliphatic carbocycles.